The summed E-state index contributed by atoms with van der Waals surface area (Å²) in [4.78, 5) is 33.1. The summed E-state index contributed by atoms with van der Waals surface area (Å²) in [5.74, 6) is 0.662. The molecule has 1 saturated heterocycles. The van der Waals surface area contributed by atoms with Crippen LogP contribution in [0, 0.1) is 5.92 Å². The van der Waals surface area contributed by atoms with Crippen LogP contribution < -0.4 is 0 Å². The predicted octanol–water partition coefficient (Wildman–Crippen LogP) is 3.15. The van der Waals surface area contributed by atoms with Gasteiger partial charge in [0, 0.05) is 37.8 Å². The third kappa shape index (κ3) is 5.16. The summed E-state index contributed by atoms with van der Waals surface area (Å²) in [6.45, 7) is 6.40. The Hall–Kier alpha value is -2.69. The highest BCUT2D eigenvalue weighted by atomic mass is 16.2. The van der Waals surface area contributed by atoms with E-state index in [-0.39, 0.29) is 11.8 Å². The van der Waals surface area contributed by atoms with Crippen LogP contribution in [-0.2, 0) is 17.8 Å². The van der Waals surface area contributed by atoms with Gasteiger partial charge in [-0.3, -0.25) is 14.6 Å². The summed E-state index contributed by atoms with van der Waals surface area (Å²) in [5.41, 5.74) is 2.80. The van der Waals surface area contributed by atoms with E-state index >= 15 is 0 Å². The van der Waals surface area contributed by atoms with Crippen LogP contribution in [0.1, 0.15) is 41.9 Å². The van der Waals surface area contributed by atoms with Crippen LogP contribution in [0.25, 0.3) is 0 Å². The first kappa shape index (κ1) is 19.1. The fraction of sp³-hybridized carbons (Fsp3) is 0.409. The maximum atomic E-state index is 12.8. The average Bonchev–Trinajstić information content (AvgIpc) is 2.84. The molecule has 2 heterocycles. The van der Waals surface area contributed by atoms with Crippen LogP contribution in [-0.4, -0.2) is 46.2 Å². The largest absolute Gasteiger partial charge is 0.336 e. The number of carbonyl (C=O) groups is 2. The van der Waals surface area contributed by atoms with Crippen molar-refractivity contribution in [2.75, 3.05) is 19.6 Å². The maximum absolute atomic E-state index is 12.8. The van der Waals surface area contributed by atoms with Crippen LogP contribution in [0.5, 0.6) is 0 Å². The first-order valence-electron chi connectivity index (χ1n) is 9.59. The molecule has 0 unspecified atom stereocenters. The van der Waals surface area contributed by atoms with Gasteiger partial charge in [-0.2, -0.15) is 0 Å². The highest BCUT2D eigenvalue weighted by molar-refractivity contribution is 5.94. The van der Waals surface area contributed by atoms with E-state index < -0.39 is 0 Å². The third-order valence-electron chi connectivity index (χ3n) is 4.80. The number of aromatic nitrogens is 1. The molecule has 27 heavy (non-hydrogen) atoms. The van der Waals surface area contributed by atoms with Crippen LogP contribution in [0.15, 0.2) is 48.7 Å². The molecule has 1 aliphatic heterocycles. The van der Waals surface area contributed by atoms with Crippen molar-refractivity contribution in [1.29, 1.82) is 0 Å². The zero-order valence-corrected chi connectivity index (χ0v) is 16.1. The molecule has 2 amide bonds. The molecule has 1 aromatic heterocycles. The van der Waals surface area contributed by atoms with Gasteiger partial charge in [0.2, 0.25) is 5.91 Å². The van der Waals surface area contributed by atoms with Crippen molar-refractivity contribution in [2.24, 2.45) is 5.92 Å². The van der Waals surface area contributed by atoms with Crippen molar-refractivity contribution < 1.29 is 9.59 Å². The molecular weight excluding hydrogens is 338 g/mol. The van der Waals surface area contributed by atoms with Gasteiger partial charge in [-0.25, -0.2) is 0 Å². The Morgan fingerprint density at radius 1 is 1.07 bits per heavy atom. The number of rotatable bonds is 5. The molecular formula is C22H27N3O2. The molecule has 0 aliphatic carbocycles. The number of hydrogen-bond donors (Lipinski definition) is 0. The van der Waals surface area contributed by atoms with Gasteiger partial charge in [0.15, 0.2) is 0 Å². The van der Waals surface area contributed by atoms with Crippen molar-refractivity contribution >= 4 is 11.8 Å². The van der Waals surface area contributed by atoms with Gasteiger partial charge < -0.3 is 9.80 Å². The fourth-order valence-electron chi connectivity index (χ4n) is 3.36. The summed E-state index contributed by atoms with van der Waals surface area (Å²) in [6.07, 6.45) is 3.09. The molecule has 142 valence electrons. The van der Waals surface area contributed by atoms with E-state index in [1.165, 1.54) is 5.56 Å². The second kappa shape index (κ2) is 8.80. The van der Waals surface area contributed by atoms with Crippen LogP contribution in [0.4, 0.5) is 0 Å². The normalized spacial score (nSPS) is 15.1. The van der Waals surface area contributed by atoms with Crippen molar-refractivity contribution in [3.8, 4) is 0 Å². The summed E-state index contributed by atoms with van der Waals surface area (Å²) in [7, 11) is 0. The summed E-state index contributed by atoms with van der Waals surface area (Å²) >= 11 is 0. The van der Waals surface area contributed by atoms with Crippen molar-refractivity contribution in [1.82, 2.24) is 14.8 Å². The fourth-order valence-corrected chi connectivity index (χ4v) is 3.36. The second-order valence-corrected chi connectivity index (χ2v) is 7.47. The second-order valence-electron chi connectivity index (χ2n) is 7.47. The van der Waals surface area contributed by atoms with Gasteiger partial charge in [-0.05, 0) is 42.2 Å². The lowest BCUT2D eigenvalue weighted by atomic mass is 10.0. The smallest absolute Gasteiger partial charge is 0.253 e. The molecule has 5 heteroatoms. The maximum Gasteiger partial charge on any atom is 0.253 e. The molecule has 3 rings (SSSR count). The lowest BCUT2D eigenvalue weighted by Crippen LogP contribution is -2.35. The molecule has 0 radical (unpaired) electrons. The Bertz CT molecular complexity index is 772. The third-order valence-corrected chi connectivity index (χ3v) is 4.80. The summed E-state index contributed by atoms with van der Waals surface area (Å²) in [6, 6.07) is 13.6. The zero-order chi connectivity index (χ0) is 19.2. The molecule has 1 aromatic carbocycles. The molecule has 0 N–H and O–H groups in total. The van der Waals surface area contributed by atoms with Crippen molar-refractivity contribution in [3.05, 3.63) is 65.5 Å². The zero-order valence-electron chi connectivity index (χ0n) is 16.1. The Morgan fingerprint density at radius 2 is 1.85 bits per heavy atom. The van der Waals surface area contributed by atoms with E-state index in [1.54, 1.807) is 16.0 Å². The topological polar surface area (TPSA) is 53.5 Å². The minimum absolute atomic E-state index is 0.00131. The number of benzene rings is 1. The van der Waals surface area contributed by atoms with E-state index in [9.17, 15) is 9.59 Å². The van der Waals surface area contributed by atoms with E-state index in [0.717, 1.165) is 12.1 Å². The lowest BCUT2D eigenvalue weighted by molar-refractivity contribution is -0.131. The number of pyridine rings is 1. The van der Waals surface area contributed by atoms with E-state index in [2.05, 4.69) is 18.8 Å². The molecule has 0 bridgehead atoms. The molecule has 1 fully saturated rings. The standard InChI is InChI=1S/C22H27N3O2/c1-17(2)15-18-6-8-19(9-7-18)22(27)24-12-10-21(26)25(14-13-24)16-20-5-3-4-11-23-20/h3-9,11,17H,10,12-16H2,1-2H3. The van der Waals surface area contributed by atoms with Crippen LogP contribution in [0.2, 0.25) is 0 Å². The molecule has 0 spiro atoms. The monoisotopic (exact) mass is 365 g/mol. The highest BCUT2D eigenvalue weighted by Gasteiger charge is 2.24. The van der Waals surface area contributed by atoms with Crippen molar-refractivity contribution in [2.45, 2.75) is 33.2 Å². The van der Waals surface area contributed by atoms with E-state index in [0.29, 0.717) is 44.1 Å². The number of hydrogen-bond acceptors (Lipinski definition) is 3. The number of amides is 2. The molecule has 0 atom stereocenters. The average molecular weight is 365 g/mol. The minimum atomic E-state index is -0.00131. The van der Waals surface area contributed by atoms with E-state index in [4.69, 9.17) is 0 Å². The molecule has 2 aromatic rings. The van der Waals surface area contributed by atoms with Gasteiger partial charge in [0.25, 0.3) is 5.91 Å². The van der Waals surface area contributed by atoms with Gasteiger partial charge >= 0.3 is 0 Å². The Morgan fingerprint density at radius 3 is 2.52 bits per heavy atom. The highest BCUT2D eigenvalue weighted by Crippen LogP contribution is 2.14. The number of nitrogens with zero attached hydrogens (tertiary/aromatic N) is 3. The molecule has 5 nitrogen and oxygen atoms in total. The first-order chi connectivity index (χ1) is 13.0. The van der Waals surface area contributed by atoms with Gasteiger partial charge in [-0.15, -0.1) is 0 Å². The predicted molar refractivity (Wildman–Crippen MR) is 105 cm³/mol. The molecule has 0 saturated carbocycles. The van der Waals surface area contributed by atoms with E-state index in [1.807, 2.05) is 42.5 Å². The minimum Gasteiger partial charge on any atom is -0.336 e. The summed E-state index contributed by atoms with van der Waals surface area (Å²) < 4.78 is 0. The quantitative estimate of drug-likeness (QED) is 0.818. The Kier molecular flexibility index (Phi) is 6.22. The first-order valence-corrected chi connectivity index (χ1v) is 9.59. The number of carbonyl (C=O) groups excluding carboxylic acids is 2. The molecule has 1 aliphatic rings. The van der Waals surface area contributed by atoms with Gasteiger partial charge in [0.05, 0.1) is 12.2 Å². The van der Waals surface area contributed by atoms with Gasteiger partial charge in [0.1, 0.15) is 0 Å². The van der Waals surface area contributed by atoms with Crippen LogP contribution >= 0.6 is 0 Å². The summed E-state index contributed by atoms with van der Waals surface area (Å²) in [5, 5.41) is 0. The SMILES string of the molecule is CC(C)Cc1ccc(C(=O)N2CCC(=O)N(Cc3ccccn3)CC2)cc1. The Labute approximate surface area is 161 Å². The van der Waals surface area contributed by atoms with Crippen molar-refractivity contribution in [3.63, 3.8) is 0 Å². The van der Waals surface area contributed by atoms with Crippen LogP contribution in [0.3, 0.4) is 0 Å². The van der Waals surface area contributed by atoms with Gasteiger partial charge in [-0.1, -0.05) is 32.0 Å². The Balaban J connectivity index is 1.62. The lowest BCUT2D eigenvalue weighted by Gasteiger charge is -2.22.